The van der Waals surface area contributed by atoms with E-state index in [1.54, 1.807) is 0 Å². The predicted octanol–water partition coefficient (Wildman–Crippen LogP) is 1.12. The van der Waals surface area contributed by atoms with Gasteiger partial charge in [0.2, 0.25) is 0 Å². The molecule has 0 heterocycles. The summed E-state index contributed by atoms with van der Waals surface area (Å²) < 4.78 is 14.7. The van der Waals surface area contributed by atoms with Gasteiger partial charge >= 0.3 is 17.9 Å². The highest BCUT2D eigenvalue weighted by atomic mass is 16.6. The summed E-state index contributed by atoms with van der Waals surface area (Å²) in [6.45, 7) is 9.18. The Morgan fingerprint density at radius 3 is 1.82 bits per heavy atom. The lowest BCUT2D eigenvalue weighted by atomic mass is 10.3. The Morgan fingerprint density at radius 1 is 1.00 bits per heavy atom. The first-order valence-electron chi connectivity index (χ1n) is 6.56. The van der Waals surface area contributed by atoms with Gasteiger partial charge in [-0.05, 0) is 13.8 Å². The van der Waals surface area contributed by atoms with Gasteiger partial charge in [-0.25, -0.2) is 9.59 Å². The van der Waals surface area contributed by atoms with Crippen LogP contribution in [-0.2, 0) is 33.4 Å². The summed E-state index contributed by atoms with van der Waals surface area (Å²) in [6.07, 6.45) is -0.477. The van der Waals surface area contributed by atoms with Gasteiger partial charge in [0.15, 0.2) is 6.10 Å². The minimum atomic E-state index is -0.967. The molecule has 7 nitrogen and oxygen atoms in total. The molecule has 0 aliphatic rings. The zero-order valence-electron chi connectivity index (χ0n) is 12.8. The summed E-state index contributed by atoms with van der Waals surface area (Å²) in [7, 11) is 0. The number of aldehydes is 1. The van der Waals surface area contributed by atoms with Crippen LogP contribution in [0.1, 0.15) is 26.7 Å². The van der Waals surface area contributed by atoms with Gasteiger partial charge in [-0.3, -0.25) is 4.79 Å². The Hall–Kier alpha value is -2.44. The molecule has 0 aromatic rings. The molecule has 0 unspecified atom stereocenters. The topological polar surface area (TPSA) is 96.0 Å². The Labute approximate surface area is 128 Å². The fourth-order valence-electron chi connectivity index (χ4n) is 1.12. The first-order chi connectivity index (χ1) is 10.3. The third kappa shape index (κ3) is 8.68. The average Bonchev–Trinajstić information content (AvgIpc) is 2.46. The van der Waals surface area contributed by atoms with Crippen LogP contribution < -0.4 is 0 Å². The normalized spacial score (nSPS) is 9.77. The first-order valence-corrected chi connectivity index (χ1v) is 6.56. The second kappa shape index (κ2) is 10.3. The number of hydrogen-bond donors (Lipinski definition) is 0. The second-order valence-electron chi connectivity index (χ2n) is 4.57. The molecule has 0 aromatic heterocycles. The Bertz CT molecular complexity index is 435. The molecule has 0 saturated carbocycles. The summed E-state index contributed by atoms with van der Waals surface area (Å²) in [4.78, 5) is 44.3. The van der Waals surface area contributed by atoms with E-state index in [1.807, 2.05) is 0 Å². The third-order valence-electron chi connectivity index (χ3n) is 2.26. The fourth-order valence-corrected chi connectivity index (χ4v) is 1.12. The van der Waals surface area contributed by atoms with Crippen molar-refractivity contribution in [1.29, 1.82) is 0 Å². The highest BCUT2D eigenvalue weighted by Crippen LogP contribution is 2.04. The molecule has 0 aliphatic carbocycles. The molecule has 0 spiro atoms. The second-order valence-corrected chi connectivity index (χ2v) is 4.57. The van der Waals surface area contributed by atoms with E-state index in [0.29, 0.717) is 6.29 Å². The van der Waals surface area contributed by atoms with Crippen LogP contribution >= 0.6 is 0 Å². The molecule has 0 bridgehead atoms. The molecule has 0 aliphatic heterocycles. The van der Waals surface area contributed by atoms with E-state index >= 15 is 0 Å². The number of carbonyl (C=O) groups excluding carboxylic acids is 4. The van der Waals surface area contributed by atoms with Gasteiger partial charge in [-0.2, -0.15) is 0 Å². The first kappa shape index (κ1) is 19.6. The molecule has 22 heavy (non-hydrogen) atoms. The van der Waals surface area contributed by atoms with Crippen LogP contribution in [0, 0.1) is 0 Å². The van der Waals surface area contributed by atoms with Crippen molar-refractivity contribution >= 4 is 24.2 Å². The van der Waals surface area contributed by atoms with E-state index in [9.17, 15) is 19.2 Å². The van der Waals surface area contributed by atoms with E-state index in [4.69, 9.17) is 14.2 Å². The number of hydrogen-bond acceptors (Lipinski definition) is 7. The largest absolute Gasteiger partial charge is 0.458 e. The summed E-state index contributed by atoms with van der Waals surface area (Å²) in [5, 5.41) is 0. The zero-order valence-corrected chi connectivity index (χ0v) is 12.8. The molecular formula is C15H20O7. The lowest BCUT2D eigenvalue weighted by molar-refractivity contribution is -0.164. The van der Waals surface area contributed by atoms with Gasteiger partial charge in [-0.1, -0.05) is 13.2 Å². The van der Waals surface area contributed by atoms with Gasteiger partial charge in [0.05, 0.1) is 6.42 Å². The minimum absolute atomic E-state index is 0.0165. The summed E-state index contributed by atoms with van der Waals surface area (Å²) in [6, 6.07) is 0. The molecular weight excluding hydrogens is 292 g/mol. The summed E-state index contributed by atoms with van der Waals surface area (Å²) in [5.74, 6) is -1.96. The monoisotopic (exact) mass is 312 g/mol. The molecule has 0 fully saturated rings. The maximum atomic E-state index is 11.5. The van der Waals surface area contributed by atoms with Crippen LogP contribution in [0.2, 0.25) is 0 Å². The maximum Gasteiger partial charge on any atom is 0.333 e. The van der Waals surface area contributed by atoms with Crippen molar-refractivity contribution in [2.75, 3.05) is 13.2 Å². The molecule has 0 N–H and O–H groups in total. The van der Waals surface area contributed by atoms with Crippen LogP contribution in [0.5, 0.6) is 0 Å². The maximum absolute atomic E-state index is 11.5. The quantitative estimate of drug-likeness (QED) is 0.258. The number of carbonyl (C=O) groups is 4. The van der Waals surface area contributed by atoms with Crippen LogP contribution in [-0.4, -0.2) is 43.5 Å². The molecule has 7 heteroatoms. The molecule has 0 amide bonds. The lowest BCUT2D eigenvalue weighted by Gasteiger charge is -2.18. The Kier molecular flexibility index (Phi) is 9.17. The smallest absolute Gasteiger partial charge is 0.333 e. The van der Waals surface area contributed by atoms with Gasteiger partial charge in [0, 0.05) is 17.6 Å². The van der Waals surface area contributed by atoms with E-state index in [1.165, 1.54) is 13.8 Å². The van der Waals surface area contributed by atoms with Crippen molar-refractivity contribution in [2.24, 2.45) is 0 Å². The third-order valence-corrected chi connectivity index (χ3v) is 2.26. The van der Waals surface area contributed by atoms with Gasteiger partial charge in [0.25, 0.3) is 0 Å². The molecule has 0 aromatic carbocycles. The minimum Gasteiger partial charge on any atom is -0.458 e. The zero-order chi connectivity index (χ0) is 17.1. The van der Waals surface area contributed by atoms with E-state index in [-0.39, 0.29) is 37.2 Å². The van der Waals surface area contributed by atoms with E-state index < -0.39 is 24.0 Å². The van der Waals surface area contributed by atoms with E-state index in [2.05, 4.69) is 13.2 Å². The summed E-state index contributed by atoms with van der Waals surface area (Å²) >= 11 is 0. The van der Waals surface area contributed by atoms with Crippen molar-refractivity contribution in [3.05, 3.63) is 24.3 Å². The Balaban J connectivity index is 4.53. The van der Waals surface area contributed by atoms with Gasteiger partial charge in [0.1, 0.15) is 19.5 Å². The predicted molar refractivity (Wildman–Crippen MR) is 76.7 cm³/mol. The van der Waals surface area contributed by atoms with Crippen LogP contribution in [0.25, 0.3) is 0 Å². The SMILES string of the molecule is C=C(C)C(=O)OCC(COC(=O)C(=C)C)OC(=O)CCC=O. The number of rotatable bonds is 10. The van der Waals surface area contributed by atoms with Crippen molar-refractivity contribution in [3.8, 4) is 0 Å². The van der Waals surface area contributed by atoms with Crippen molar-refractivity contribution in [2.45, 2.75) is 32.8 Å². The van der Waals surface area contributed by atoms with Crippen LogP contribution in [0.15, 0.2) is 24.3 Å². The molecule has 122 valence electrons. The highest BCUT2D eigenvalue weighted by molar-refractivity contribution is 5.87. The van der Waals surface area contributed by atoms with Gasteiger partial charge in [-0.15, -0.1) is 0 Å². The van der Waals surface area contributed by atoms with Crippen molar-refractivity contribution < 1.29 is 33.4 Å². The summed E-state index contributed by atoms with van der Waals surface area (Å²) in [5.41, 5.74) is 0.370. The molecule has 0 atom stereocenters. The van der Waals surface area contributed by atoms with Crippen LogP contribution in [0.3, 0.4) is 0 Å². The lowest BCUT2D eigenvalue weighted by Crippen LogP contribution is -2.31. The van der Waals surface area contributed by atoms with Gasteiger partial charge < -0.3 is 19.0 Å². The number of esters is 3. The molecule has 0 saturated heterocycles. The Morgan fingerprint density at radius 2 is 1.45 bits per heavy atom. The molecule has 0 rings (SSSR count). The average molecular weight is 312 g/mol. The fraction of sp³-hybridized carbons (Fsp3) is 0.467. The standard InChI is InChI=1S/C15H20O7/c1-10(2)14(18)20-8-12(9-21-15(19)11(3)4)22-13(17)6-5-7-16/h7,12H,1,3,5-6,8-9H2,2,4H3. The van der Waals surface area contributed by atoms with Crippen LogP contribution in [0.4, 0.5) is 0 Å². The highest BCUT2D eigenvalue weighted by Gasteiger charge is 2.19. The van der Waals surface area contributed by atoms with Crippen molar-refractivity contribution in [1.82, 2.24) is 0 Å². The number of ether oxygens (including phenoxy) is 3. The van der Waals surface area contributed by atoms with E-state index in [0.717, 1.165) is 0 Å². The van der Waals surface area contributed by atoms with Crippen molar-refractivity contribution in [3.63, 3.8) is 0 Å². The molecule has 0 radical (unpaired) electrons.